The first-order valence-corrected chi connectivity index (χ1v) is 8.20. The molecule has 1 aromatic heterocycles. The van der Waals surface area contributed by atoms with Gasteiger partial charge in [-0.05, 0) is 30.3 Å². The Morgan fingerprint density at radius 1 is 1.15 bits per heavy atom. The number of nitrogens with zero attached hydrogens (tertiary/aromatic N) is 1. The molecule has 0 saturated heterocycles. The predicted molar refractivity (Wildman–Crippen MR) is 97.3 cm³/mol. The topological polar surface area (TPSA) is 48.0 Å². The van der Waals surface area contributed by atoms with Crippen LogP contribution in [0.3, 0.4) is 0 Å². The molecule has 129 valence electrons. The van der Waals surface area contributed by atoms with E-state index in [0.717, 1.165) is 0 Å². The van der Waals surface area contributed by atoms with Crippen LogP contribution in [0.5, 0.6) is 0 Å². The summed E-state index contributed by atoms with van der Waals surface area (Å²) in [4.78, 5) is 11.8. The predicted octanol–water partition coefficient (Wildman–Crippen LogP) is 4.67. The molecule has 1 heterocycles. The van der Waals surface area contributed by atoms with Crippen molar-refractivity contribution in [3.63, 3.8) is 0 Å². The molecule has 0 saturated carbocycles. The largest absolute Gasteiger partial charge is 0.366 e. The Bertz CT molecular complexity index is 1180. The fourth-order valence-corrected chi connectivity index (χ4v) is 3.47. The van der Waals surface area contributed by atoms with Crippen LogP contribution in [0.25, 0.3) is 21.8 Å². The maximum atomic E-state index is 14.6. The average Bonchev–Trinajstić information content (AvgIpc) is 2.94. The van der Waals surface area contributed by atoms with E-state index in [2.05, 4.69) is 6.07 Å². The van der Waals surface area contributed by atoms with Gasteiger partial charge in [0.15, 0.2) is 0 Å². The van der Waals surface area contributed by atoms with Crippen molar-refractivity contribution in [1.29, 1.82) is 0 Å². The quantitative estimate of drug-likeness (QED) is 0.560. The Hall–Kier alpha value is -2.92. The van der Waals surface area contributed by atoms with E-state index in [9.17, 15) is 13.6 Å². The van der Waals surface area contributed by atoms with Gasteiger partial charge in [-0.1, -0.05) is 35.9 Å². The summed E-state index contributed by atoms with van der Waals surface area (Å²) in [6.07, 6.45) is 0. The van der Waals surface area contributed by atoms with Gasteiger partial charge >= 0.3 is 0 Å². The number of primary amides is 1. The van der Waals surface area contributed by atoms with Crippen LogP contribution < -0.4 is 5.73 Å². The van der Waals surface area contributed by atoms with Crippen LogP contribution in [0.2, 0.25) is 5.02 Å². The first-order valence-electron chi connectivity index (χ1n) is 7.83. The Balaban J connectivity index is 2.09. The monoisotopic (exact) mass is 369 g/mol. The maximum absolute atomic E-state index is 14.6. The van der Waals surface area contributed by atoms with Crippen molar-refractivity contribution in [3.8, 4) is 0 Å². The lowest BCUT2D eigenvalue weighted by Gasteiger charge is -2.10. The number of benzene rings is 3. The fourth-order valence-electron chi connectivity index (χ4n) is 3.28. The summed E-state index contributed by atoms with van der Waals surface area (Å²) in [7, 11) is 0. The molecule has 2 N–H and O–H groups in total. The van der Waals surface area contributed by atoms with Crippen LogP contribution in [0.4, 0.5) is 8.78 Å². The second-order valence-corrected chi connectivity index (χ2v) is 6.32. The molecule has 0 aliphatic heterocycles. The van der Waals surface area contributed by atoms with E-state index in [-0.39, 0.29) is 22.6 Å². The SMILES string of the molecule is NC(=O)c1cccc2c1c1[c]ccc(F)c1n2Cc1cccc(Cl)c1F. The molecule has 3 aromatic carbocycles. The summed E-state index contributed by atoms with van der Waals surface area (Å²) in [6.45, 7) is 0.0450. The Kier molecular flexibility index (Phi) is 3.89. The highest BCUT2D eigenvalue weighted by molar-refractivity contribution is 6.30. The van der Waals surface area contributed by atoms with Crippen molar-refractivity contribution in [2.75, 3.05) is 0 Å². The van der Waals surface area contributed by atoms with Gasteiger partial charge in [-0.15, -0.1) is 0 Å². The normalized spacial score (nSPS) is 11.3. The van der Waals surface area contributed by atoms with Crippen LogP contribution in [0.15, 0.2) is 48.5 Å². The molecule has 0 atom stereocenters. The van der Waals surface area contributed by atoms with E-state index in [0.29, 0.717) is 21.9 Å². The molecular weight excluding hydrogens is 358 g/mol. The van der Waals surface area contributed by atoms with Crippen molar-refractivity contribution in [1.82, 2.24) is 4.57 Å². The van der Waals surface area contributed by atoms with E-state index in [4.69, 9.17) is 17.3 Å². The number of halogens is 3. The van der Waals surface area contributed by atoms with Crippen LogP contribution in [0.1, 0.15) is 15.9 Å². The second-order valence-electron chi connectivity index (χ2n) is 5.91. The number of hydrogen-bond acceptors (Lipinski definition) is 1. The third-order valence-electron chi connectivity index (χ3n) is 4.40. The summed E-state index contributed by atoms with van der Waals surface area (Å²) in [6, 6.07) is 15.3. The van der Waals surface area contributed by atoms with Gasteiger partial charge in [-0.2, -0.15) is 0 Å². The third kappa shape index (κ3) is 2.44. The van der Waals surface area contributed by atoms with Gasteiger partial charge in [0.05, 0.1) is 22.6 Å². The number of aromatic nitrogens is 1. The summed E-state index contributed by atoms with van der Waals surface area (Å²) >= 11 is 5.86. The van der Waals surface area contributed by atoms with Gasteiger partial charge in [0.2, 0.25) is 5.91 Å². The zero-order valence-electron chi connectivity index (χ0n) is 13.4. The minimum atomic E-state index is -0.624. The minimum Gasteiger partial charge on any atom is -0.366 e. The molecule has 0 unspecified atom stereocenters. The molecule has 4 aromatic rings. The lowest BCUT2D eigenvalue weighted by molar-refractivity contribution is 0.100. The number of nitrogens with two attached hydrogens (primary N) is 1. The summed E-state index contributed by atoms with van der Waals surface area (Å²) in [5.41, 5.74) is 6.85. The highest BCUT2D eigenvalue weighted by Crippen LogP contribution is 2.34. The molecule has 0 aliphatic carbocycles. The smallest absolute Gasteiger partial charge is 0.249 e. The molecule has 1 amide bonds. The van der Waals surface area contributed by atoms with Crippen molar-refractivity contribution in [3.05, 3.63) is 82.4 Å². The standard InChI is InChI=1S/C20H12ClF2N2O/c21-14-7-1-4-11(18(14)23)10-25-16-9-3-6-13(20(24)26)17(16)12-5-2-8-15(22)19(12)25/h1-4,6-9H,10H2,(H2,24,26). The Morgan fingerprint density at radius 2 is 1.92 bits per heavy atom. The van der Waals surface area contributed by atoms with Gasteiger partial charge in [0.1, 0.15) is 11.6 Å². The third-order valence-corrected chi connectivity index (χ3v) is 4.69. The minimum absolute atomic E-state index is 0.00636. The molecule has 0 spiro atoms. The van der Waals surface area contributed by atoms with E-state index in [1.807, 2.05) is 0 Å². The van der Waals surface area contributed by atoms with Gasteiger partial charge in [-0.25, -0.2) is 8.78 Å². The van der Waals surface area contributed by atoms with Crippen LogP contribution in [0, 0.1) is 17.7 Å². The highest BCUT2D eigenvalue weighted by Gasteiger charge is 2.20. The molecular formula is C20H12ClF2N2O. The molecule has 4 rings (SSSR count). The van der Waals surface area contributed by atoms with Crippen molar-refractivity contribution in [2.45, 2.75) is 6.54 Å². The van der Waals surface area contributed by atoms with E-state index < -0.39 is 17.5 Å². The number of amides is 1. The molecule has 0 aliphatic rings. The maximum Gasteiger partial charge on any atom is 0.249 e. The Labute approximate surface area is 152 Å². The number of hydrogen-bond donors (Lipinski definition) is 1. The highest BCUT2D eigenvalue weighted by atomic mass is 35.5. The van der Waals surface area contributed by atoms with Crippen molar-refractivity contribution >= 4 is 39.3 Å². The lowest BCUT2D eigenvalue weighted by atomic mass is 10.1. The number of carbonyl (C=O) groups excluding carboxylic acids is 1. The average molecular weight is 370 g/mol. The van der Waals surface area contributed by atoms with E-state index in [1.165, 1.54) is 18.2 Å². The molecule has 1 radical (unpaired) electrons. The summed E-state index contributed by atoms with van der Waals surface area (Å²) in [5.74, 6) is -1.68. The van der Waals surface area contributed by atoms with Gasteiger partial charge in [-0.3, -0.25) is 4.79 Å². The van der Waals surface area contributed by atoms with Crippen molar-refractivity contribution in [2.24, 2.45) is 5.73 Å². The van der Waals surface area contributed by atoms with E-state index in [1.54, 1.807) is 34.9 Å². The molecule has 0 fully saturated rings. The van der Waals surface area contributed by atoms with Crippen LogP contribution in [-0.4, -0.2) is 10.5 Å². The van der Waals surface area contributed by atoms with E-state index >= 15 is 0 Å². The zero-order chi connectivity index (χ0) is 18.4. The van der Waals surface area contributed by atoms with Crippen LogP contribution in [-0.2, 0) is 6.54 Å². The number of carbonyl (C=O) groups is 1. The van der Waals surface area contributed by atoms with Gasteiger partial charge in [0, 0.05) is 21.9 Å². The number of fused-ring (bicyclic) bond motifs is 3. The van der Waals surface area contributed by atoms with Crippen LogP contribution >= 0.6 is 11.6 Å². The first kappa shape index (κ1) is 16.5. The lowest BCUT2D eigenvalue weighted by Crippen LogP contribution is -2.11. The Morgan fingerprint density at radius 3 is 2.69 bits per heavy atom. The second kappa shape index (κ2) is 6.11. The van der Waals surface area contributed by atoms with Gasteiger partial charge in [0.25, 0.3) is 0 Å². The van der Waals surface area contributed by atoms with Gasteiger partial charge < -0.3 is 10.3 Å². The molecule has 0 bridgehead atoms. The number of rotatable bonds is 3. The molecule has 26 heavy (non-hydrogen) atoms. The summed E-state index contributed by atoms with van der Waals surface area (Å²) < 4.78 is 30.6. The zero-order valence-corrected chi connectivity index (χ0v) is 14.1. The first-order chi connectivity index (χ1) is 12.5. The fraction of sp³-hybridized carbons (Fsp3) is 0.0500. The molecule has 6 heteroatoms. The summed E-state index contributed by atoms with van der Waals surface area (Å²) in [5, 5.41) is 0.918. The molecule has 3 nitrogen and oxygen atoms in total. The van der Waals surface area contributed by atoms with Crippen molar-refractivity contribution < 1.29 is 13.6 Å².